The molecule has 0 spiro atoms. The van der Waals surface area contributed by atoms with Gasteiger partial charge in [0.25, 0.3) is 0 Å². The molecule has 0 radical (unpaired) electrons. The summed E-state index contributed by atoms with van der Waals surface area (Å²) in [7, 11) is 1.92. The van der Waals surface area contributed by atoms with E-state index in [1.807, 2.05) is 61.0 Å². The molecular weight excluding hydrogens is 434 g/mol. The van der Waals surface area contributed by atoms with E-state index in [0.717, 1.165) is 30.2 Å². The summed E-state index contributed by atoms with van der Waals surface area (Å²) in [5, 5.41) is 12.5. The number of carbonyl (C=O) groups excluding carboxylic acids is 1. The second-order valence-electron chi connectivity index (χ2n) is 7.30. The van der Waals surface area contributed by atoms with Gasteiger partial charge in [-0.1, -0.05) is 59.8 Å². The fraction of sp³-hybridized carbons (Fsp3) is 0.318. The summed E-state index contributed by atoms with van der Waals surface area (Å²) in [4.78, 5) is 15.4. The molecule has 1 N–H and O–H groups in total. The van der Waals surface area contributed by atoms with E-state index in [9.17, 15) is 4.79 Å². The van der Waals surface area contributed by atoms with Crippen LogP contribution in [0.3, 0.4) is 0 Å². The maximum atomic E-state index is 13.3. The van der Waals surface area contributed by atoms with Gasteiger partial charge in [-0.3, -0.25) is 9.36 Å². The van der Waals surface area contributed by atoms with Gasteiger partial charge in [-0.25, -0.2) is 0 Å². The largest absolute Gasteiger partial charge is 0.378 e. The molecule has 1 unspecified atom stereocenters. The number of rotatable bonds is 6. The number of ether oxygens (including phenoxy) is 1. The van der Waals surface area contributed by atoms with Crippen molar-refractivity contribution in [3.63, 3.8) is 0 Å². The highest BCUT2D eigenvalue weighted by Crippen LogP contribution is 2.36. The molecule has 1 saturated heterocycles. The molecule has 1 aliphatic heterocycles. The van der Waals surface area contributed by atoms with Crippen LogP contribution in [0.2, 0.25) is 5.02 Å². The number of carbonyl (C=O) groups is 1. The number of morpholine rings is 1. The number of hydrogen-bond donors (Lipinski definition) is 1. The normalized spacial score (nSPS) is 15.0. The molecule has 0 saturated carbocycles. The highest BCUT2D eigenvalue weighted by Gasteiger charge is 2.26. The molecule has 1 fully saturated rings. The Morgan fingerprint density at radius 3 is 2.61 bits per heavy atom. The Balaban J connectivity index is 1.58. The summed E-state index contributed by atoms with van der Waals surface area (Å²) in [6.07, 6.45) is 0. The number of amides is 1. The van der Waals surface area contributed by atoms with Crippen molar-refractivity contribution in [3.8, 4) is 0 Å². The van der Waals surface area contributed by atoms with Gasteiger partial charge in [-0.15, -0.1) is 10.2 Å². The second-order valence-corrected chi connectivity index (χ2v) is 8.78. The van der Waals surface area contributed by atoms with Crippen LogP contribution < -0.4 is 10.2 Å². The Bertz CT molecular complexity index is 1050. The molecule has 9 heteroatoms. The standard InChI is InChI=1S/C22H24ClN5O2S/c1-15-8-9-17(14-18(15)23)24-20(29)19(16-6-4-3-5-7-16)31-22-26-25-21(27(22)2)28-10-12-30-13-11-28/h3-9,14,19H,10-13H2,1-2H3,(H,24,29). The van der Waals surface area contributed by atoms with Crippen LogP contribution in [0.1, 0.15) is 16.4 Å². The van der Waals surface area contributed by atoms with Crippen LogP contribution in [0.25, 0.3) is 0 Å². The highest BCUT2D eigenvalue weighted by atomic mass is 35.5. The first-order chi connectivity index (χ1) is 15.0. The third kappa shape index (κ3) is 5.03. The molecule has 2 aromatic carbocycles. The van der Waals surface area contributed by atoms with Crippen molar-refractivity contribution in [1.82, 2.24) is 14.8 Å². The Morgan fingerprint density at radius 2 is 1.90 bits per heavy atom. The fourth-order valence-electron chi connectivity index (χ4n) is 3.33. The maximum Gasteiger partial charge on any atom is 0.242 e. The maximum absolute atomic E-state index is 13.3. The first kappa shape index (κ1) is 21.7. The summed E-state index contributed by atoms with van der Waals surface area (Å²) < 4.78 is 7.36. The summed E-state index contributed by atoms with van der Waals surface area (Å²) in [5.74, 6) is 0.635. The van der Waals surface area contributed by atoms with E-state index < -0.39 is 5.25 Å². The summed E-state index contributed by atoms with van der Waals surface area (Å²) in [6, 6.07) is 15.2. The van der Waals surface area contributed by atoms with Crippen LogP contribution in [0, 0.1) is 6.92 Å². The molecule has 162 valence electrons. The van der Waals surface area contributed by atoms with Crippen molar-refractivity contribution >= 4 is 40.9 Å². The summed E-state index contributed by atoms with van der Waals surface area (Å²) >= 11 is 7.60. The van der Waals surface area contributed by atoms with Gasteiger partial charge in [0.05, 0.1) is 13.2 Å². The molecule has 2 heterocycles. The molecule has 4 rings (SSSR count). The molecule has 7 nitrogen and oxygen atoms in total. The zero-order valence-corrected chi connectivity index (χ0v) is 19.0. The minimum absolute atomic E-state index is 0.146. The van der Waals surface area contributed by atoms with Crippen LogP contribution in [0.15, 0.2) is 53.7 Å². The second kappa shape index (κ2) is 9.72. The Labute approximate surface area is 190 Å². The number of anilines is 2. The van der Waals surface area contributed by atoms with Crippen molar-refractivity contribution in [2.75, 3.05) is 36.5 Å². The van der Waals surface area contributed by atoms with Gasteiger partial charge in [0.15, 0.2) is 5.16 Å². The van der Waals surface area contributed by atoms with Crippen molar-refractivity contribution in [3.05, 3.63) is 64.7 Å². The zero-order valence-electron chi connectivity index (χ0n) is 17.4. The quantitative estimate of drug-likeness (QED) is 0.562. The van der Waals surface area contributed by atoms with Crippen molar-refractivity contribution in [2.24, 2.45) is 7.05 Å². The Morgan fingerprint density at radius 1 is 1.16 bits per heavy atom. The number of thioether (sulfide) groups is 1. The lowest BCUT2D eigenvalue weighted by Crippen LogP contribution is -2.37. The molecule has 1 amide bonds. The van der Waals surface area contributed by atoms with Crippen molar-refractivity contribution < 1.29 is 9.53 Å². The molecule has 0 bridgehead atoms. The van der Waals surface area contributed by atoms with Crippen LogP contribution in [-0.4, -0.2) is 47.0 Å². The van der Waals surface area contributed by atoms with E-state index >= 15 is 0 Å². The molecule has 3 aromatic rings. The lowest BCUT2D eigenvalue weighted by atomic mass is 10.1. The van der Waals surface area contributed by atoms with E-state index in [4.69, 9.17) is 16.3 Å². The SMILES string of the molecule is Cc1ccc(NC(=O)C(Sc2nnc(N3CCOCC3)n2C)c2ccccc2)cc1Cl. The first-order valence-corrected chi connectivity index (χ1v) is 11.3. The van der Waals surface area contributed by atoms with E-state index in [1.165, 1.54) is 11.8 Å². The van der Waals surface area contributed by atoms with Gasteiger partial charge in [0.1, 0.15) is 5.25 Å². The van der Waals surface area contributed by atoms with Crippen molar-refractivity contribution in [2.45, 2.75) is 17.3 Å². The smallest absolute Gasteiger partial charge is 0.242 e. The van der Waals surface area contributed by atoms with Crippen LogP contribution in [-0.2, 0) is 16.6 Å². The number of aromatic nitrogens is 3. The molecule has 1 atom stereocenters. The monoisotopic (exact) mass is 457 g/mol. The van der Waals surface area contributed by atoms with Gasteiger partial charge in [-0.2, -0.15) is 0 Å². The van der Waals surface area contributed by atoms with Gasteiger partial charge in [-0.05, 0) is 30.2 Å². The van der Waals surface area contributed by atoms with E-state index in [2.05, 4.69) is 20.4 Å². The number of nitrogens with one attached hydrogen (secondary N) is 1. The van der Waals surface area contributed by atoms with Crippen LogP contribution >= 0.6 is 23.4 Å². The first-order valence-electron chi connectivity index (χ1n) is 10.0. The fourth-order valence-corrected chi connectivity index (χ4v) is 4.51. The molecule has 1 aromatic heterocycles. The Hall–Kier alpha value is -2.55. The number of hydrogen-bond acceptors (Lipinski definition) is 6. The minimum Gasteiger partial charge on any atom is -0.378 e. The highest BCUT2D eigenvalue weighted by molar-refractivity contribution is 8.00. The van der Waals surface area contributed by atoms with Crippen molar-refractivity contribution in [1.29, 1.82) is 0 Å². The van der Waals surface area contributed by atoms with Gasteiger partial charge < -0.3 is 15.0 Å². The molecule has 31 heavy (non-hydrogen) atoms. The molecule has 1 aliphatic rings. The Kier molecular flexibility index (Phi) is 6.80. The third-order valence-electron chi connectivity index (χ3n) is 5.11. The minimum atomic E-state index is -0.498. The molecule has 0 aliphatic carbocycles. The van der Waals surface area contributed by atoms with E-state index in [0.29, 0.717) is 29.1 Å². The lowest BCUT2D eigenvalue weighted by molar-refractivity contribution is -0.115. The third-order valence-corrected chi connectivity index (χ3v) is 6.80. The predicted octanol–water partition coefficient (Wildman–Crippen LogP) is 4.09. The van der Waals surface area contributed by atoms with E-state index in [-0.39, 0.29) is 5.91 Å². The summed E-state index contributed by atoms with van der Waals surface area (Å²) in [5.41, 5.74) is 2.51. The number of aryl methyl sites for hydroxylation is 1. The number of benzene rings is 2. The van der Waals surface area contributed by atoms with Crippen LogP contribution in [0.5, 0.6) is 0 Å². The average Bonchev–Trinajstić information content (AvgIpc) is 3.15. The van der Waals surface area contributed by atoms with Gasteiger partial charge in [0.2, 0.25) is 11.9 Å². The summed E-state index contributed by atoms with van der Waals surface area (Å²) in [6.45, 7) is 4.81. The average molecular weight is 458 g/mol. The van der Waals surface area contributed by atoms with E-state index in [1.54, 1.807) is 6.07 Å². The number of halogens is 1. The lowest BCUT2D eigenvalue weighted by Gasteiger charge is -2.27. The number of nitrogens with zero attached hydrogens (tertiary/aromatic N) is 4. The topological polar surface area (TPSA) is 72.3 Å². The molecular formula is C22H24ClN5O2S. The van der Waals surface area contributed by atoms with Gasteiger partial charge in [0, 0.05) is 30.8 Å². The van der Waals surface area contributed by atoms with Gasteiger partial charge >= 0.3 is 0 Å². The predicted molar refractivity (Wildman–Crippen MR) is 124 cm³/mol. The zero-order chi connectivity index (χ0) is 21.8. The van der Waals surface area contributed by atoms with Crippen LogP contribution in [0.4, 0.5) is 11.6 Å².